The summed E-state index contributed by atoms with van der Waals surface area (Å²) in [4.78, 5) is 17.7. The topological polar surface area (TPSA) is 74.8 Å². The van der Waals surface area contributed by atoms with E-state index in [1.165, 1.54) is 4.88 Å². The summed E-state index contributed by atoms with van der Waals surface area (Å²) >= 11 is 1.77. The molecule has 1 aliphatic carbocycles. The number of guanidine groups is 1. The summed E-state index contributed by atoms with van der Waals surface area (Å²) in [5, 5.41) is 11.7. The molecule has 7 heteroatoms. The largest absolute Gasteiger partial charge is 0.450 e. The molecule has 6 nitrogen and oxygen atoms in total. The van der Waals surface area contributed by atoms with Gasteiger partial charge in [-0.1, -0.05) is 13.0 Å². The fourth-order valence-corrected chi connectivity index (χ4v) is 3.37. The summed E-state index contributed by atoms with van der Waals surface area (Å²) in [6.07, 6.45) is 1.97. The van der Waals surface area contributed by atoms with Gasteiger partial charge in [0.25, 0.3) is 0 Å². The van der Waals surface area contributed by atoms with Crippen LogP contribution < -0.4 is 16.0 Å². The van der Waals surface area contributed by atoms with E-state index in [0.717, 1.165) is 31.9 Å². The number of amides is 1. The Balaban J connectivity index is 1.86. The number of alkyl carbamates (subject to hydrolysis) is 1. The van der Waals surface area contributed by atoms with E-state index in [2.05, 4.69) is 47.3 Å². The van der Waals surface area contributed by atoms with Crippen LogP contribution in [0, 0.1) is 5.92 Å². The van der Waals surface area contributed by atoms with Crippen molar-refractivity contribution in [1.29, 1.82) is 0 Å². The third-order valence-electron chi connectivity index (χ3n) is 4.16. The third-order valence-corrected chi connectivity index (χ3v) is 5.26. The Kier molecular flexibility index (Phi) is 8.04. The second-order valence-electron chi connectivity index (χ2n) is 6.33. The highest BCUT2D eigenvalue weighted by Crippen LogP contribution is 2.32. The number of rotatable bonds is 9. The lowest BCUT2D eigenvalue weighted by atomic mass is 10.1. The molecular weight excluding hydrogens is 336 g/mol. The summed E-state index contributed by atoms with van der Waals surface area (Å²) in [5.41, 5.74) is 0. The fourth-order valence-electron chi connectivity index (χ4n) is 2.60. The van der Waals surface area contributed by atoms with Crippen molar-refractivity contribution in [2.24, 2.45) is 10.9 Å². The molecule has 0 aliphatic heterocycles. The first-order valence-corrected chi connectivity index (χ1v) is 10.0. The highest BCUT2D eigenvalue weighted by atomic mass is 32.1. The van der Waals surface area contributed by atoms with E-state index in [1.54, 1.807) is 11.3 Å². The molecular formula is C18H30N4O2S. The first-order chi connectivity index (χ1) is 12.1. The monoisotopic (exact) mass is 366 g/mol. The van der Waals surface area contributed by atoms with E-state index in [-0.39, 0.29) is 12.1 Å². The normalized spacial score (nSPS) is 16.8. The van der Waals surface area contributed by atoms with Gasteiger partial charge < -0.3 is 20.7 Å². The molecule has 1 aromatic rings. The van der Waals surface area contributed by atoms with E-state index < -0.39 is 0 Å². The number of nitrogens with one attached hydrogen (secondary N) is 3. The molecule has 1 amide bonds. The highest BCUT2D eigenvalue weighted by molar-refractivity contribution is 7.10. The maximum absolute atomic E-state index is 11.7. The Bertz CT molecular complexity index is 543. The first-order valence-electron chi connectivity index (χ1n) is 9.12. The lowest BCUT2D eigenvalue weighted by Gasteiger charge is -2.20. The van der Waals surface area contributed by atoms with Crippen LogP contribution in [0.5, 0.6) is 0 Å². The van der Waals surface area contributed by atoms with Crippen LogP contribution in [0.4, 0.5) is 4.79 Å². The maximum Gasteiger partial charge on any atom is 0.407 e. The van der Waals surface area contributed by atoms with E-state index in [4.69, 9.17) is 9.73 Å². The molecule has 0 radical (unpaired) electrons. The highest BCUT2D eigenvalue weighted by Gasteiger charge is 2.32. The zero-order valence-electron chi connectivity index (χ0n) is 15.4. The van der Waals surface area contributed by atoms with Crippen LogP contribution in [0.25, 0.3) is 0 Å². The summed E-state index contributed by atoms with van der Waals surface area (Å²) in [6, 6.07) is 4.31. The van der Waals surface area contributed by atoms with Gasteiger partial charge in [-0.3, -0.25) is 4.99 Å². The summed E-state index contributed by atoms with van der Waals surface area (Å²) in [7, 11) is 0. The Morgan fingerprint density at radius 3 is 2.80 bits per heavy atom. The van der Waals surface area contributed by atoms with Crippen LogP contribution in [0.1, 0.15) is 44.4 Å². The van der Waals surface area contributed by atoms with Gasteiger partial charge >= 0.3 is 6.09 Å². The van der Waals surface area contributed by atoms with E-state index >= 15 is 0 Å². The number of thiophene rings is 1. The number of carbonyl (C=O) groups is 1. The smallest absolute Gasteiger partial charge is 0.407 e. The molecule has 140 valence electrons. The first kappa shape index (κ1) is 19.6. The third kappa shape index (κ3) is 6.94. The molecule has 2 rings (SSSR count). The summed E-state index contributed by atoms with van der Waals surface area (Å²) in [6.45, 7) is 8.63. The average Bonchev–Trinajstić information content (AvgIpc) is 3.29. The van der Waals surface area contributed by atoms with Crippen LogP contribution in [0.15, 0.2) is 22.5 Å². The van der Waals surface area contributed by atoms with Crippen molar-refractivity contribution >= 4 is 23.4 Å². The average molecular weight is 367 g/mol. The Labute approximate surface area is 154 Å². The number of hydrogen-bond donors (Lipinski definition) is 3. The van der Waals surface area contributed by atoms with Gasteiger partial charge in [0.15, 0.2) is 5.96 Å². The Hall–Kier alpha value is -1.76. The molecule has 0 saturated heterocycles. The van der Waals surface area contributed by atoms with Crippen LogP contribution in [-0.2, 0) is 4.74 Å². The molecule has 25 heavy (non-hydrogen) atoms. The molecule has 1 fully saturated rings. The van der Waals surface area contributed by atoms with Gasteiger partial charge in [-0.2, -0.15) is 0 Å². The number of carbonyl (C=O) groups excluding carboxylic acids is 1. The van der Waals surface area contributed by atoms with Gasteiger partial charge in [-0.25, -0.2) is 4.79 Å². The minimum Gasteiger partial charge on any atom is -0.450 e. The number of hydrogen-bond acceptors (Lipinski definition) is 4. The van der Waals surface area contributed by atoms with Gasteiger partial charge in [-0.15, -0.1) is 11.3 Å². The lowest BCUT2D eigenvalue weighted by Crippen LogP contribution is -2.48. The number of ether oxygens (including phenoxy) is 1. The Morgan fingerprint density at radius 1 is 1.40 bits per heavy atom. The van der Waals surface area contributed by atoms with Gasteiger partial charge in [0.05, 0.1) is 19.2 Å². The van der Waals surface area contributed by atoms with E-state index in [1.807, 2.05) is 6.92 Å². The molecule has 2 unspecified atom stereocenters. The SMILES string of the molecule is CCNC(=NCC(C)c1cccs1)NCC(NC(=O)OCC)C1CC1. The van der Waals surface area contributed by atoms with Crippen molar-refractivity contribution in [2.45, 2.75) is 45.6 Å². The quantitative estimate of drug-likeness (QED) is 0.464. The van der Waals surface area contributed by atoms with Gasteiger partial charge in [0.2, 0.25) is 0 Å². The molecule has 3 N–H and O–H groups in total. The molecule has 1 saturated carbocycles. The molecule has 0 spiro atoms. The molecule has 1 aliphatic rings. The van der Waals surface area contributed by atoms with Crippen LogP contribution >= 0.6 is 11.3 Å². The van der Waals surface area contributed by atoms with Crippen molar-refractivity contribution in [3.63, 3.8) is 0 Å². The second-order valence-corrected chi connectivity index (χ2v) is 7.30. The van der Waals surface area contributed by atoms with Crippen molar-refractivity contribution in [3.05, 3.63) is 22.4 Å². The van der Waals surface area contributed by atoms with Crippen molar-refractivity contribution in [2.75, 3.05) is 26.2 Å². The van der Waals surface area contributed by atoms with Crippen molar-refractivity contribution in [3.8, 4) is 0 Å². The summed E-state index contributed by atoms with van der Waals surface area (Å²) in [5.74, 6) is 1.72. The van der Waals surface area contributed by atoms with Crippen LogP contribution in [-0.4, -0.2) is 44.3 Å². The fraction of sp³-hybridized carbons (Fsp3) is 0.667. The predicted molar refractivity (Wildman–Crippen MR) is 103 cm³/mol. The minimum atomic E-state index is -0.338. The van der Waals surface area contributed by atoms with Crippen molar-refractivity contribution < 1.29 is 9.53 Å². The van der Waals surface area contributed by atoms with Crippen molar-refractivity contribution in [1.82, 2.24) is 16.0 Å². The number of aliphatic imine (C=N–C) groups is 1. The zero-order valence-corrected chi connectivity index (χ0v) is 16.2. The molecule has 1 aromatic heterocycles. The standard InChI is InChI=1S/C18H30N4O2S/c1-4-19-17(20-11-13(3)16-7-6-10-25-16)21-12-15(14-8-9-14)22-18(23)24-5-2/h6-7,10,13-15H,4-5,8-9,11-12H2,1-3H3,(H,22,23)(H2,19,20,21). The van der Waals surface area contributed by atoms with Gasteiger partial charge in [0, 0.05) is 23.9 Å². The minimum absolute atomic E-state index is 0.0811. The second kappa shape index (κ2) is 10.3. The maximum atomic E-state index is 11.7. The predicted octanol–water partition coefficient (Wildman–Crippen LogP) is 2.93. The molecule has 0 bridgehead atoms. The van der Waals surface area contributed by atoms with E-state index in [0.29, 0.717) is 25.0 Å². The Morgan fingerprint density at radius 2 is 2.20 bits per heavy atom. The van der Waals surface area contributed by atoms with Gasteiger partial charge in [-0.05, 0) is 44.1 Å². The van der Waals surface area contributed by atoms with Crippen LogP contribution in [0.3, 0.4) is 0 Å². The summed E-state index contributed by atoms with van der Waals surface area (Å²) < 4.78 is 5.00. The zero-order chi connectivity index (χ0) is 18.1. The lowest BCUT2D eigenvalue weighted by molar-refractivity contribution is 0.146. The molecule has 2 atom stereocenters. The van der Waals surface area contributed by atoms with Gasteiger partial charge in [0.1, 0.15) is 0 Å². The molecule has 0 aromatic carbocycles. The number of nitrogens with zero attached hydrogens (tertiary/aromatic N) is 1. The molecule has 1 heterocycles. The van der Waals surface area contributed by atoms with E-state index in [9.17, 15) is 4.79 Å². The van der Waals surface area contributed by atoms with Crippen LogP contribution in [0.2, 0.25) is 0 Å².